The van der Waals surface area contributed by atoms with Crippen LogP contribution < -0.4 is 10.6 Å². The average molecular weight is 345 g/mol. The number of carbonyl (C=O) groups is 2. The highest BCUT2D eigenvalue weighted by Gasteiger charge is 2.24. The molecule has 3 rings (SSSR count). The van der Waals surface area contributed by atoms with E-state index < -0.39 is 0 Å². The van der Waals surface area contributed by atoms with E-state index in [0.717, 1.165) is 30.1 Å². The molecule has 0 saturated carbocycles. The number of esters is 1. The van der Waals surface area contributed by atoms with Crippen molar-refractivity contribution in [2.24, 2.45) is 11.7 Å². The second kappa shape index (κ2) is 7.44. The summed E-state index contributed by atoms with van der Waals surface area (Å²) >= 11 is 1.45. The first kappa shape index (κ1) is 16.4. The molecule has 7 heteroatoms. The Hall–Kier alpha value is -2.41. The van der Waals surface area contributed by atoms with Crippen LogP contribution in [0, 0.1) is 5.92 Å². The van der Waals surface area contributed by atoms with Gasteiger partial charge in [-0.05, 0) is 37.1 Å². The molecule has 0 bridgehead atoms. The van der Waals surface area contributed by atoms with Crippen LogP contribution in [0.25, 0.3) is 0 Å². The van der Waals surface area contributed by atoms with Gasteiger partial charge in [-0.25, -0.2) is 9.78 Å². The summed E-state index contributed by atoms with van der Waals surface area (Å²) in [4.78, 5) is 29.6. The number of primary amides is 1. The zero-order valence-electron chi connectivity index (χ0n) is 13.2. The van der Waals surface area contributed by atoms with Crippen molar-refractivity contribution in [2.75, 3.05) is 18.0 Å². The van der Waals surface area contributed by atoms with Crippen molar-refractivity contribution in [3.8, 4) is 0 Å². The number of benzene rings is 1. The number of thiazole rings is 1. The molecule has 1 fully saturated rings. The Morgan fingerprint density at radius 1 is 1.33 bits per heavy atom. The van der Waals surface area contributed by atoms with Crippen LogP contribution in [0.1, 0.15) is 28.2 Å². The van der Waals surface area contributed by atoms with Gasteiger partial charge in [0.1, 0.15) is 11.6 Å². The van der Waals surface area contributed by atoms with E-state index in [1.54, 1.807) is 18.3 Å². The van der Waals surface area contributed by atoms with E-state index in [4.69, 9.17) is 10.5 Å². The SMILES string of the molecule is NC(=O)C1CCCN(c2ccc(C(=O)OCc3nccs3)cc2)C1. The molecular formula is C17H19N3O3S. The quantitative estimate of drug-likeness (QED) is 0.840. The molecular weight excluding hydrogens is 326 g/mol. The zero-order valence-corrected chi connectivity index (χ0v) is 14.0. The maximum absolute atomic E-state index is 12.0. The summed E-state index contributed by atoms with van der Waals surface area (Å²) in [5, 5.41) is 2.61. The van der Waals surface area contributed by atoms with Gasteiger partial charge < -0.3 is 15.4 Å². The highest BCUT2D eigenvalue weighted by atomic mass is 32.1. The van der Waals surface area contributed by atoms with Crippen LogP contribution in [0.5, 0.6) is 0 Å². The Morgan fingerprint density at radius 2 is 2.12 bits per heavy atom. The minimum Gasteiger partial charge on any atom is -0.455 e. The fraction of sp³-hybridized carbons (Fsp3) is 0.353. The van der Waals surface area contributed by atoms with Gasteiger partial charge in [-0.1, -0.05) is 0 Å². The lowest BCUT2D eigenvalue weighted by Crippen LogP contribution is -2.41. The minimum atomic E-state index is -0.370. The Labute approximate surface area is 144 Å². The molecule has 6 nitrogen and oxygen atoms in total. The number of nitrogens with two attached hydrogens (primary N) is 1. The number of piperidine rings is 1. The van der Waals surface area contributed by atoms with Crippen LogP contribution in [0.2, 0.25) is 0 Å². The van der Waals surface area contributed by atoms with E-state index in [1.165, 1.54) is 11.3 Å². The van der Waals surface area contributed by atoms with Gasteiger partial charge in [-0.3, -0.25) is 4.79 Å². The predicted molar refractivity (Wildman–Crippen MR) is 91.8 cm³/mol. The number of rotatable bonds is 5. The van der Waals surface area contributed by atoms with Gasteiger partial charge in [0.2, 0.25) is 5.91 Å². The van der Waals surface area contributed by atoms with Crippen LogP contribution >= 0.6 is 11.3 Å². The third-order valence-electron chi connectivity index (χ3n) is 4.10. The van der Waals surface area contributed by atoms with Crippen molar-refractivity contribution in [3.05, 3.63) is 46.4 Å². The molecule has 1 aliphatic rings. The molecule has 0 radical (unpaired) electrons. The second-order valence-electron chi connectivity index (χ2n) is 5.74. The van der Waals surface area contributed by atoms with E-state index in [2.05, 4.69) is 9.88 Å². The van der Waals surface area contributed by atoms with Crippen LogP contribution in [0.3, 0.4) is 0 Å². The lowest BCUT2D eigenvalue weighted by Gasteiger charge is -2.33. The number of hydrogen-bond acceptors (Lipinski definition) is 6. The Kier molecular flexibility index (Phi) is 5.10. The van der Waals surface area contributed by atoms with Crippen LogP contribution in [0.15, 0.2) is 35.8 Å². The summed E-state index contributed by atoms with van der Waals surface area (Å²) in [5.41, 5.74) is 6.90. The van der Waals surface area contributed by atoms with Crippen LogP contribution in [0.4, 0.5) is 5.69 Å². The fourth-order valence-electron chi connectivity index (χ4n) is 2.79. The fourth-order valence-corrected chi connectivity index (χ4v) is 3.31. The highest BCUT2D eigenvalue weighted by molar-refractivity contribution is 7.09. The second-order valence-corrected chi connectivity index (χ2v) is 6.72. The van der Waals surface area contributed by atoms with Crippen molar-refractivity contribution in [1.82, 2.24) is 4.98 Å². The molecule has 1 aromatic carbocycles. The summed E-state index contributed by atoms with van der Waals surface area (Å²) in [6.45, 7) is 1.70. The highest BCUT2D eigenvalue weighted by Crippen LogP contribution is 2.23. The van der Waals surface area contributed by atoms with Crippen molar-refractivity contribution in [3.63, 3.8) is 0 Å². The maximum Gasteiger partial charge on any atom is 0.338 e. The molecule has 1 aliphatic heterocycles. The third-order valence-corrected chi connectivity index (χ3v) is 4.86. The molecule has 1 saturated heterocycles. The van der Waals surface area contributed by atoms with E-state index in [9.17, 15) is 9.59 Å². The van der Waals surface area contributed by atoms with E-state index in [0.29, 0.717) is 12.1 Å². The molecule has 2 N–H and O–H groups in total. The summed E-state index contributed by atoms with van der Waals surface area (Å²) in [6.07, 6.45) is 3.46. The van der Waals surface area contributed by atoms with Gasteiger partial charge in [-0.15, -0.1) is 11.3 Å². The number of hydrogen-bond donors (Lipinski definition) is 1. The Balaban J connectivity index is 1.60. The molecule has 2 aromatic rings. The largest absolute Gasteiger partial charge is 0.455 e. The van der Waals surface area contributed by atoms with Crippen molar-refractivity contribution in [2.45, 2.75) is 19.4 Å². The van der Waals surface area contributed by atoms with Gasteiger partial charge in [0.05, 0.1) is 11.5 Å². The van der Waals surface area contributed by atoms with E-state index in [-0.39, 0.29) is 24.4 Å². The molecule has 2 heterocycles. The van der Waals surface area contributed by atoms with Gasteiger partial charge in [0.15, 0.2) is 0 Å². The average Bonchev–Trinajstić information content (AvgIpc) is 3.13. The van der Waals surface area contributed by atoms with Gasteiger partial charge in [-0.2, -0.15) is 0 Å². The number of aromatic nitrogens is 1. The molecule has 1 unspecified atom stereocenters. The standard InChI is InChI=1S/C17H19N3O3S/c18-16(21)13-2-1-8-20(10-13)14-5-3-12(4-6-14)17(22)23-11-15-19-7-9-24-15/h3-7,9,13H,1-2,8,10-11H2,(H2,18,21). The normalized spacial score (nSPS) is 17.5. The minimum absolute atomic E-state index is 0.110. The number of amides is 1. The zero-order chi connectivity index (χ0) is 16.9. The van der Waals surface area contributed by atoms with Crippen molar-refractivity contribution < 1.29 is 14.3 Å². The Morgan fingerprint density at radius 3 is 2.79 bits per heavy atom. The number of carbonyl (C=O) groups excluding carboxylic acids is 2. The van der Waals surface area contributed by atoms with Gasteiger partial charge in [0, 0.05) is 30.4 Å². The summed E-state index contributed by atoms with van der Waals surface area (Å²) in [7, 11) is 0. The van der Waals surface area contributed by atoms with Gasteiger partial charge in [0.25, 0.3) is 0 Å². The molecule has 0 spiro atoms. The lowest BCUT2D eigenvalue weighted by atomic mass is 9.97. The van der Waals surface area contributed by atoms with Crippen LogP contribution in [-0.4, -0.2) is 29.9 Å². The summed E-state index contributed by atoms with van der Waals surface area (Å²) < 4.78 is 5.24. The number of anilines is 1. The molecule has 1 aromatic heterocycles. The number of ether oxygens (including phenoxy) is 1. The van der Waals surface area contributed by atoms with Crippen molar-refractivity contribution in [1.29, 1.82) is 0 Å². The smallest absolute Gasteiger partial charge is 0.338 e. The molecule has 126 valence electrons. The lowest BCUT2D eigenvalue weighted by molar-refractivity contribution is -0.122. The molecule has 1 atom stereocenters. The first-order valence-corrected chi connectivity index (χ1v) is 8.71. The van der Waals surface area contributed by atoms with Crippen molar-refractivity contribution >= 4 is 28.9 Å². The number of nitrogens with zero attached hydrogens (tertiary/aromatic N) is 2. The molecule has 1 amide bonds. The first-order valence-electron chi connectivity index (χ1n) is 7.83. The molecule has 24 heavy (non-hydrogen) atoms. The monoisotopic (exact) mass is 345 g/mol. The predicted octanol–water partition coefficient (Wildman–Crippen LogP) is 2.20. The summed E-state index contributed by atoms with van der Waals surface area (Å²) in [5.74, 6) is -0.728. The van der Waals surface area contributed by atoms with E-state index >= 15 is 0 Å². The van der Waals surface area contributed by atoms with Crippen LogP contribution in [-0.2, 0) is 16.1 Å². The molecule has 0 aliphatic carbocycles. The summed E-state index contributed by atoms with van der Waals surface area (Å²) in [6, 6.07) is 7.24. The van der Waals surface area contributed by atoms with E-state index in [1.807, 2.05) is 17.5 Å². The third kappa shape index (κ3) is 3.91. The maximum atomic E-state index is 12.0. The van der Waals surface area contributed by atoms with Gasteiger partial charge >= 0.3 is 5.97 Å². The topological polar surface area (TPSA) is 85.5 Å². The Bertz CT molecular complexity index is 700. The first-order chi connectivity index (χ1) is 11.6.